The molecule has 0 saturated heterocycles. The number of rotatable bonds is 5. The summed E-state index contributed by atoms with van der Waals surface area (Å²) in [6.45, 7) is 0.951. The predicted molar refractivity (Wildman–Crippen MR) is 72.4 cm³/mol. The van der Waals surface area contributed by atoms with Crippen molar-refractivity contribution in [2.75, 3.05) is 13.7 Å². The van der Waals surface area contributed by atoms with Gasteiger partial charge in [-0.2, -0.15) is 0 Å². The average molecular weight is 253 g/mol. The topological polar surface area (TPSA) is 38.3 Å². The fraction of sp³-hybridized carbons (Fsp3) is 0.933. The van der Waals surface area contributed by atoms with Crippen LogP contribution in [0.3, 0.4) is 0 Å². The Labute approximate surface area is 111 Å². The van der Waals surface area contributed by atoms with E-state index in [-0.39, 0.29) is 5.97 Å². The maximum atomic E-state index is 11.0. The standard InChI is InChI=1S/C15H27NO2/c1-18-14(17)5-4-12-16-13-6-10-15(11-7-13)8-2-3-9-15/h13,16H,2-12H2,1H3. The van der Waals surface area contributed by atoms with Crippen LogP contribution in [0.4, 0.5) is 0 Å². The second-order valence-corrected chi connectivity index (χ2v) is 6.12. The summed E-state index contributed by atoms with van der Waals surface area (Å²) < 4.78 is 4.64. The molecule has 2 fully saturated rings. The summed E-state index contributed by atoms with van der Waals surface area (Å²) >= 11 is 0. The van der Waals surface area contributed by atoms with Gasteiger partial charge in [0, 0.05) is 12.5 Å². The van der Waals surface area contributed by atoms with E-state index in [0.29, 0.717) is 12.5 Å². The zero-order valence-corrected chi connectivity index (χ0v) is 11.7. The molecule has 0 radical (unpaired) electrons. The van der Waals surface area contributed by atoms with E-state index in [0.717, 1.165) is 18.4 Å². The van der Waals surface area contributed by atoms with Crippen LogP contribution in [0.1, 0.15) is 64.2 Å². The van der Waals surface area contributed by atoms with Crippen LogP contribution < -0.4 is 5.32 Å². The highest BCUT2D eigenvalue weighted by Crippen LogP contribution is 2.48. The van der Waals surface area contributed by atoms with Gasteiger partial charge in [-0.15, -0.1) is 0 Å². The maximum absolute atomic E-state index is 11.0. The first-order valence-electron chi connectivity index (χ1n) is 7.54. The summed E-state index contributed by atoms with van der Waals surface area (Å²) in [6.07, 6.45) is 12.8. The van der Waals surface area contributed by atoms with E-state index in [2.05, 4.69) is 10.1 Å². The minimum Gasteiger partial charge on any atom is -0.469 e. The van der Waals surface area contributed by atoms with Crippen molar-refractivity contribution in [2.45, 2.75) is 70.3 Å². The minimum atomic E-state index is -0.0923. The quantitative estimate of drug-likeness (QED) is 0.604. The summed E-state index contributed by atoms with van der Waals surface area (Å²) in [5.74, 6) is -0.0923. The van der Waals surface area contributed by atoms with Crippen LogP contribution in [-0.4, -0.2) is 25.7 Å². The van der Waals surface area contributed by atoms with Crippen molar-refractivity contribution in [3.05, 3.63) is 0 Å². The number of hydrogen-bond donors (Lipinski definition) is 1. The lowest BCUT2D eigenvalue weighted by molar-refractivity contribution is -0.140. The molecule has 0 aromatic rings. The van der Waals surface area contributed by atoms with Crippen LogP contribution in [0.5, 0.6) is 0 Å². The fourth-order valence-corrected chi connectivity index (χ4v) is 3.70. The largest absolute Gasteiger partial charge is 0.469 e. The van der Waals surface area contributed by atoms with E-state index in [1.165, 1.54) is 58.5 Å². The van der Waals surface area contributed by atoms with E-state index in [9.17, 15) is 4.79 Å². The molecule has 2 aliphatic carbocycles. The van der Waals surface area contributed by atoms with Gasteiger partial charge in [-0.25, -0.2) is 0 Å². The van der Waals surface area contributed by atoms with Crippen LogP contribution in [-0.2, 0) is 9.53 Å². The third-order valence-corrected chi connectivity index (χ3v) is 4.93. The van der Waals surface area contributed by atoms with Crippen LogP contribution in [0.2, 0.25) is 0 Å². The summed E-state index contributed by atoms with van der Waals surface area (Å²) in [7, 11) is 1.46. The van der Waals surface area contributed by atoms with Gasteiger partial charge in [0.25, 0.3) is 0 Å². The molecule has 0 aliphatic heterocycles. The molecule has 0 atom stereocenters. The predicted octanol–water partition coefficient (Wildman–Crippen LogP) is 3.03. The monoisotopic (exact) mass is 253 g/mol. The van der Waals surface area contributed by atoms with Crippen molar-refractivity contribution >= 4 is 5.97 Å². The lowest BCUT2D eigenvalue weighted by Gasteiger charge is -2.37. The molecule has 1 N–H and O–H groups in total. The Hall–Kier alpha value is -0.570. The van der Waals surface area contributed by atoms with Crippen molar-refractivity contribution in [3.63, 3.8) is 0 Å². The Morgan fingerprint density at radius 2 is 1.89 bits per heavy atom. The second kappa shape index (κ2) is 6.55. The molecule has 2 rings (SSSR count). The van der Waals surface area contributed by atoms with Crippen LogP contribution >= 0.6 is 0 Å². The van der Waals surface area contributed by atoms with Gasteiger partial charge in [0.2, 0.25) is 0 Å². The lowest BCUT2D eigenvalue weighted by Crippen LogP contribution is -2.37. The average Bonchev–Trinajstić information content (AvgIpc) is 2.85. The van der Waals surface area contributed by atoms with E-state index in [4.69, 9.17) is 0 Å². The lowest BCUT2D eigenvalue weighted by atomic mass is 9.71. The highest BCUT2D eigenvalue weighted by molar-refractivity contribution is 5.69. The molecule has 0 amide bonds. The van der Waals surface area contributed by atoms with Crippen molar-refractivity contribution < 1.29 is 9.53 Å². The molecule has 0 unspecified atom stereocenters. The number of nitrogens with one attached hydrogen (secondary N) is 1. The Morgan fingerprint density at radius 1 is 1.22 bits per heavy atom. The zero-order chi connectivity index (χ0) is 12.8. The van der Waals surface area contributed by atoms with Gasteiger partial charge in [0.05, 0.1) is 7.11 Å². The van der Waals surface area contributed by atoms with Gasteiger partial charge < -0.3 is 10.1 Å². The summed E-state index contributed by atoms with van der Waals surface area (Å²) in [4.78, 5) is 11.0. The van der Waals surface area contributed by atoms with Gasteiger partial charge in [0.15, 0.2) is 0 Å². The number of esters is 1. The molecule has 3 nitrogen and oxygen atoms in total. The molecule has 0 bridgehead atoms. The summed E-state index contributed by atoms with van der Waals surface area (Å²) in [5.41, 5.74) is 0.726. The molecular weight excluding hydrogens is 226 g/mol. The summed E-state index contributed by atoms with van der Waals surface area (Å²) in [6, 6.07) is 0.689. The number of carbonyl (C=O) groups is 1. The molecule has 2 aliphatic rings. The Bertz CT molecular complexity index is 262. The third kappa shape index (κ3) is 3.71. The molecule has 18 heavy (non-hydrogen) atoms. The van der Waals surface area contributed by atoms with Crippen LogP contribution in [0.15, 0.2) is 0 Å². The van der Waals surface area contributed by atoms with Gasteiger partial charge >= 0.3 is 5.97 Å². The molecule has 1 spiro atoms. The SMILES string of the molecule is COC(=O)CCCNC1CCC2(CCCC2)CC1. The molecule has 2 saturated carbocycles. The second-order valence-electron chi connectivity index (χ2n) is 6.12. The highest BCUT2D eigenvalue weighted by atomic mass is 16.5. The molecular formula is C15H27NO2. The maximum Gasteiger partial charge on any atom is 0.305 e. The smallest absolute Gasteiger partial charge is 0.305 e. The van der Waals surface area contributed by atoms with E-state index in [1.807, 2.05) is 0 Å². The van der Waals surface area contributed by atoms with Gasteiger partial charge in [-0.3, -0.25) is 4.79 Å². The van der Waals surface area contributed by atoms with Gasteiger partial charge in [-0.1, -0.05) is 12.8 Å². The van der Waals surface area contributed by atoms with Crippen molar-refractivity contribution in [3.8, 4) is 0 Å². The molecule has 0 aromatic heterocycles. The van der Waals surface area contributed by atoms with E-state index < -0.39 is 0 Å². The first kappa shape index (κ1) is 13.9. The molecule has 0 aromatic carbocycles. The van der Waals surface area contributed by atoms with Gasteiger partial charge in [-0.05, 0) is 56.9 Å². The molecule has 3 heteroatoms. The van der Waals surface area contributed by atoms with Crippen LogP contribution in [0.25, 0.3) is 0 Å². The number of hydrogen-bond acceptors (Lipinski definition) is 3. The number of methoxy groups -OCH3 is 1. The zero-order valence-electron chi connectivity index (χ0n) is 11.7. The Balaban J connectivity index is 1.57. The minimum absolute atomic E-state index is 0.0923. The normalized spacial score (nSPS) is 23.4. The summed E-state index contributed by atoms with van der Waals surface area (Å²) in [5, 5.41) is 3.60. The molecule has 104 valence electrons. The van der Waals surface area contributed by atoms with Crippen LogP contribution in [0, 0.1) is 5.41 Å². The van der Waals surface area contributed by atoms with Crippen molar-refractivity contribution in [1.29, 1.82) is 0 Å². The van der Waals surface area contributed by atoms with Gasteiger partial charge in [0.1, 0.15) is 0 Å². The third-order valence-electron chi connectivity index (χ3n) is 4.93. The fourth-order valence-electron chi connectivity index (χ4n) is 3.70. The first-order valence-corrected chi connectivity index (χ1v) is 7.54. The van der Waals surface area contributed by atoms with E-state index in [1.54, 1.807) is 0 Å². The van der Waals surface area contributed by atoms with Crippen molar-refractivity contribution in [1.82, 2.24) is 5.32 Å². The highest BCUT2D eigenvalue weighted by Gasteiger charge is 2.37. The van der Waals surface area contributed by atoms with Crippen molar-refractivity contribution in [2.24, 2.45) is 5.41 Å². The number of ether oxygens (including phenoxy) is 1. The van der Waals surface area contributed by atoms with E-state index >= 15 is 0 Å². The Kier molecular flexibility index (Phi) is 5.04. The number of carbonyl (C=O) groups excluding carboxylic acids is 1. The first-order chi connectivity index (χ1) is 8.74. The molecule has 0 heterocycles. The Morgan fingerprint density at radius 3 is 2.50 bits per heavy atom.